The number of ether oxygens (including phenoxy) is 1. The highest BCUT2D eigenvalue weighted by molar-refractivity contribution is 6.28. The Morgan fingerprint density at radius 2 is 2.08 bits per heavy atom. The molecule has 1 N–H and O–H groups in total. The summed E-state index contributed by atoms with van der Waals surface area (Å²) >= 11 is 5.92. The summed E-state index contributed by atoms with van der Waals surface area (Å²) in [6.45, 7) is 7.32. The molecule has 25 heavy (non-hydrogen) atoms. The van der Waals surface area contributed by atoms with E-state index in [1.54, 1.807) is 12.3 Å². The van der Waals surface area contributed by atoms with Crippen LogP contribution >= 0.6 is 11.6 Å². The van der Waals surface area contributed by atoms with Gasteiger partial charge in [-0.2, -0.15) is 10.1 Å². The van der Waals surface area contributed by atoms with Gasteiger partial charge in [0.25, 0.3) is 0 Å². The summed E-state index contributed by atoms with van der Waals surface area (Å²) in [6, 6.07) is 5.38. The van der Waals surface area contributed by atoms with E-state index in [1.807, 2.05) is 39.8 Å². The van der Waals surface area contributed by atoms with Crippen LogP contribution in [0.15, 0.2) is 30.6 Å². The number of nitrogens with zero attached hydrogens (tertiary/aromatic N) is 4. The Hall–Kier alpha value is -2.67. The van der Waals surface area contributed by atoms with E-state index in [9.17, 15) is 4.79 Å². The number of hydrogen-bond acceptors (Lipinski definition) is 5. The van der Waals surface area contributed by atoms with Gasteiger partial charge in [0.2, 0.25) is 5.28 Å². The second-order valence-corrected chi connectivity index (χ2v) is 6.93. The third-order valence-corrected chi connectivity index (χ3v) is 3.60. The van der Waals surface area contributed by atoms with Gasteiger partial charge in [-0.05, 0) is 57.0 Å². The van der Waals surface area contributed by atoms with E-state index in [2.05, 4.69) is 20.2 Å². The van der Waals surface area contributed by atoms with Gasteiger partial charge in [-0.25, -0.2) is 14.7 Å². The van der Waals surface area contributed by atoms with Crippen molar-refractivity contribution in [3.8, 4) is 0 Å². The highest BCUT2D eigenvalue weighted by Gasteiger charge is 2.27. The number of H-pyrrole nitrogens is 1. The van der Waals surface area contributed by atoms with Crippen LogP contribution in [0.3, 0.4) is 0 Å². The van der Waals surface area contributed by atoms with Crippen molar-refractivity contribution >= 4 is 40.1 Å². The van der Waals surface area contributed by atoms with Crippen LogP contribution in [0.2, 0.25) is 5.28 Å². The molecule has 0 fully saturated rings. The van der Waals surface area contributed by atoms with E-state index in [0.717, 1.165) is 16.5 Å². The lowest BCUT2D eigenvalue weighted by Crippen LogP contribution is -2.34. The largest absolute Gasteiger partial charge is 0.443 e. The third kappa shape index (κ3) is 3.71. The number of hydrogen-bond donors (Lipinski definition) is 1. The lowest BCUT2D eigenvalue weighted by molar-refractivity contribution is 0.0598. The summed E-state index contributed by atoms with van der Waals surface area (Å²) in [7, 11) is 0. The van der Waals surface area contributed by atoms with Crippen molar-refractivity contribution in [3.63, 3.8) is 0 Å². The molecule has 130 valence electrons. The number of aryl methyl sites for hydroxylation is 1. The van der Waals surface area contributed by atoms with Gasteiger partial charge in [0.05, 0.1) is 17.4 Å². The van der Waals surface area contributed by atoms with Gasteiger partial charge >= 0.3 is 6.09 Å². The first-order valence-electron chi connectivity index (χ1n) is 7.70. The zero-order chi connectivity index (χ0) is 18.2. The van der Waals surface area contributed by atoms with Gasteiger partial charge in [0.15, 0.2) is 0 Å². The number of rotatable bonds is 2. The Balaban J connectivity index is 2.15. The van der Waals surface area contributed by atoms with Crippen molar-refractivity contribution in [2.75, 3.05) is 4.90 Å². The number of carbonyl (C=O) groups is 1. The number of aromatic amines is 1. The topological polar surface area (TPSA) is 84.0 Å². The van der Waals surface area contributed by atoms with E-state index in [1.165, 1.54) is 11.1 Å². The highest BCUT2D eigenvalue weighted by atomic mass is 35.5. The van der Waals surface area contributed by atoms with Crippen LogP contribution in [0.4, 0.5) is 16.3 Å². The first kappa shape index (κ1) is 17.2. The van der Waals surface area contributed by atoms with E-state index in [4.69, 9.17) is 16.3 Å². The molecule has 8 heteroatoms. The van der Waals surface area contributed by atoms with Crippen LogP contribution in [0.1, 0.15) is 26.3 Å². The normalized spacial score (nSPS) is 11.6. The molecule has 0 radical (unpaired) electrons. The molecule has 0 unspecified atom stereocenters. The average Bonchev–Trinajstić information content (AvgIpc) is 2.93. The second-order valence-electron chi connectivity index (χ2n) is 6.60. The standard InChI is InChI=1S/C17H18ClN5O2/c1-10-7-12-11(9-20-22-12)8-13(10)23(16(24)25-17(2,3)4)14-5-6-19-15(18)21-14/h5-9H,1-4H3,(H,20,22). The monoisotopic (exact) mass is 359 g/mol. The summed E-state index contributed by atoms with van der Waals surface area (Å²) in [5.41, 5.74) is 1.72. The molecule has 0 spiro atoms. The molecule has 0 saturated carbocycles. The summed E-state index contributed by atoms with van der Waals surface area (Å²) in [5.74, 6) is 0.334. The molecule has 1 amide bonds. The Labute approximate surface area is 150 Å². The van der Waals surface area contributed by atoms with E-state index in [0.29, 0.717) is 11.5 Å². The number of anilines is 2. The number of amides is 1. The van der Waals surface area contributed by atoms with E-state index in [-0.39, 0.29) is 5.28 Å². The fraction of sp³-hybridized carbons (Fsp3) is 0.294. The SMILES string of the molecule is Cc1cc2[nH]ncc2cc1N(C(=O)OC(C)(C)C)c1ccnc(Cl)n1. The fourth-order valence-corrected chi connectivity index (χ4v) is 2.54. The quantitative estimate of drug-likeness (QED) is 0.686. The van der Waals surface area contributed by atoms with Gasteiger partial charge < -0.3 is 4.74 Å². The summed E-state index contributed by atoms with van der Waals surface area (Å²) in [6.07, 6.45) is 2.64. The smallest absolute Gasteiger partial charge is 0.420 e. The molecule has 3 aromatic rings. The summed E-state index contributed by atoms with van der Waals surface area (Å²) in [5, 5.41) is 7.86. The van der Waals surface area contributed by atoms with Gasteiger partial charge in [-0.15, -0.1) is 0 Å². The van der Waals surface area contributed by atoms with Crippen molar-refractivity contribution in [1.82, 2.24) is 20.2 Å². The molecule has 0 saturated heterocycles. The Morgan fingerprint density at radius 3 is 2.76 bits per heavy atom. The van der Waals surface area contributed by atoms with Gasteiger partial charge in [0, 0.05) is 17.6 Å². The van der Waals surface area contributed by atoms with Gasteiger partial charge in [-0.1, -0.05) is 0 Å². The zero-order valence-corrected chi connectivity index (χ0v) is 15.1. The molecule has 0 bridgehead atoms. The predicted octanol–water partition coefficient (Wildman–Crippen LogP) is 4.39. The molecule has 0 aliphatic carbocycles. The molecular formula is C17H18ClN5O2. The molecule has 0 aliphatic rings. The van der Waals surface area contributed by atoms with Crippen molar-refractivity contribution < 1.29 is 9.53 Å². The van der Waals surface area contributed by atoms with Crippen LogP contribution in [0.25, 0.3) is 10.9 Å². The van der Waals surface area contributed by atoms with Crippen molar-refractivity contribution in [2.24, 2.45) is 0 Å². The Kier molecular flexibility index (Phi) is 4.34. The lowest BCUT2D eigenvalue weighted by Gasteiger charge is -2.27. The number of fused-ring (bicyclic) bond motifs is 1. The van der Waals surface area contributed by atoms with E-state index < -0.39 is 11.7 Å². The van der Waals surface area contributed by atoms with E-state index >= 15 is 0 Å². The van der Waals surface area contributed by atoms with Crippen LogP contribution < -0.4 is 4.90 Å². The first-order valence-corrected chi connectivity index (χ1v) is 8.08. The molecule has 0 aliphatic heterocycles. The van der Waals surface area contributed by atoms with Gasteiger partial charge in [0.1, 0.15) is 11.4 Å². The molecule has 3 rings (SSSR count). The fourth-order valence-electron chi connectivity index (χ4n) is 2.40. The van der Waals surface area contributed by atoms with Crippen molar-refractivity contribution in [3.05, 3.63) is 41.4 Å². The van der Waals surface area contributed by atoms with Crippen LogP contribution in [0, 0.1) is 6.92 Å². The average molecular weight is 360 g/mol. The van der Waals surface area contributed by atoms with Crippen LogP contribution in [-0.4, -0.2) is 31.9 Å². The first-order chi connectivity index (χ1) is 11.7. The highest BCUT2D eigenvalue weighted by Crippen LogP contribution is 2.32. The summed E-state index contributed by atoms with van der Waals surface area (Å²) in [4.78, 5) is 22.3. The minimum absolute atomic E-state index is 0.0492. The maximum atomic E-state index is 12.9. The molecular weight excluding hydrogens is 342 g/mol. The molecule has 2 aromatic heterocycles. The number of benzene rings is 1. The Morgan fingerprint density at radius 1 is 1.32 bits per heavy atom. The summed E-state index contributed by atoms with van der Waals surface area (Å²) < 4.78 is 5.56. The number of nitrogens with one attached hydrogen (secondary N) is 1. The number of carbonyl (C=O) groups excluding carboxylic acids is 1. The van der Waals surface area contributed by atoms with Crippen LogP contribution in [0.5, 0.6) is 0 Å². The van der Waals surface area contributed by atoms with Crippen molar-refractivity contribution in [1.29, 1.82) is 0 Å². The third-order valence-electron chi connectivity index (χ3n) is 3.41. The molecule has 0 atom stereocenters. The predicted molar refractivity (Wildman–Crippen MR) is 96.2 cm³/mol. The molecule has 2 heterocycles. The minimum Gasteiger partial charge on any atom is -0.443 e. The minimum atomic E-state index is -0.653. The number of halogens is 1. The Bertz CT molecular complexity index is 932. The maximum Gasteiger partial charge on any atom is 0.420 e. The lowest BCUT2D eigenvalue weighted by atomic mass is 10.1. The molecule has 1 aromatic carbocycles. The van der Waals surface area contributed by atoms with Crippen molar-refractivity contribution in [2.45, 2.75) is 33.3 Å². The maximum absolute atomic E-state index is 12.9. The van der Waals surface area contributed by atoms with Gasteiger partial charge in [-0.3, -0.25) is 5.10 Å². The molecule has 7 nitrogen and oxygen atoms in total. The number of aromatic nitrogens is 4. The van der Waals surface area contributed by atoms with Crippen LogP contribution in [-0.2, 0) is 4.74 Å². The zero-order valence-electron chi connectivity index (χ0n) is 14.4. The second kappa shape index (κ2) is 6.33.